The monoisotopic (exact) mass is 304 g/mol. The normalized spacial score (nSPS) is 29.3. The van der Waals surface area contributed by atoms with Crippen LogP contribution in [0.3, 0.4) is 0 Å². The molecular weight excluding hydrogens is 280 g/mol. The van der Waals surface area contributed by atoms with E-state index in [1.165, 1.54) is 49.9 Å². The second-order valence-electron chi connectivity index (χ2n) is 7.02. The van der Waals surface area contributed by atoms with Gasteiger partial charge < -0.3 is 9.80 Å². The maximum absolute atomic E-state index is 6.57. The van der Waals surface area contributed by atoms with Gasteiger partial charge in [0.05, 0.1) is 0 Å². The lowest BCUT2D eigenvalue weighted by molar-refractivity contribution is 0.332. The number of hydrogen-bond acceptors (Lipinski definition) is 2. The van der Waals surface area contributed by atoms with Gasteiger partial charge in [-0.2, -0.15) is 0 Å². The second kappa shape index (κ2) is 5.48. The molecule has 1 aromatic rings. The van der Waals surface area contributed by atoms with Crippen molar-refractivity contribution in [1.82, 2.24) is 4.90 Å². The molecule has 0 radical (unpaired) electrons. The average molecular weight is 305 g/mol. The first-order chi connectivity index (χ1) is 10.3. The summed E-state index contributed by atoms with van der Waals surface area (Å²) < 4.78 is 0. The summed E-state index contributed by atoms with van der Waals surface area (Å²) in [6, 6.07) is 5.21. The molecule has 114 valence electrons. The van der Waals surface area contributed by atoms with Crippen molar-refractivity contribution in [2.24, 2.45) is 0 Å². The Kier molecular flexibility index (Phi) is 3.63. The van der Waals surface area contributed by atoms with Crippen molar-refractivity contribution >= 4 is 17.3 Å². The first-order valence-electron chi connectivity index (χ1n) is 8.52. The zero-order valence-corrected chi connectivity index (χ0v) is 13.7. The Hall–Kier alpha value is -0.730. The van der Waals surface area contributed by atoms with Gasteiger partial charge in [-0.3, -0.25) is 0 Å². The number of likely N-dealkylation sites (N-methyl/N-ethyl adjacent to an activating group) is 1. The van der Waals surface area contributed by atoms with Gasteiger partial charge in [-0.1, -0.05) is 36.9 Å². The predicted octanol–water partition coefficient (Wildman–Crippen LogP) is 4.06. The predicted molar refractivity (Wildman–Crippen MR) is 89.6 cm³/mol. The number of nitrogens with zero attached hydrogens (tertiary/aromatic N) is 2. The van der Waals surface area contributed by atoms with Gasteiger partial charge in [-0.15, -0.1) is 0 Å². The van der Waals surface area contributed by atoms with Crippen LogP contribution in [0.5, 0.6) is 0 Å². The smallest absolute Gasteiger partial charge is 0.0459 e. The van der Waals surface area contributed by atoms with E-state index in [1.54, 1.807) is 5.56 Å². The van der Waals surface area contributed by atoms with Crippen LogP contribution in [0, 0.1) is 0 Å². The molecule has 4 rings (SSSR count). The molecule has 1 saturated carbocycles. The zero-order chi connectivity index (χ0) is 14.4. The minimum Gasteiger partial charge on any atom is -0.366 e. The fourth-order valence-electron chi connectivity index (χ4n) is 4.67. The Morgan fingerprint density at radius 3 is 2.81 bits per heavy atom. The van der Waals surface area contributed by atoms with E-state index in [0.717, 1.165) is 36.5 Å². The van der Waals surface area contributed by atoms with Crippen molar-refractivity contribution in [2.45, 2.75) is 50.5 Å². The van der Waals surface area contributed by atoms with Crippen molar-refractivity contribution in [3.63, 3.8) is 0 Å². The highest BCUT2D eigenvalue weighted by Crippen LogP contribution is 2.50. The van der Waals surface area contributed by atoms with Crippen LogP contribution in [0.15, 0.2) is 12.1 Å². The maximum Gasteiger partial charge on any atom is 0.0459 e. The van der Waals surface area contributed by atoms with Crippen LogP contribution in [0.25, 0.3) is 0 Å². The summed E-state index contributed by atoms with van der Waals surface area (Å²) in [5, 5.41) is 0.977. The van der Waals surface area contributed by atoms with E-state index in [9.17, 15) is 0 Å². The first kappa shape index (κ1) is 13.9. The Bertz CT molecular complexity index is 542. The van der Waals surface area contributed by atoms with E-state index >= 15 is 0 Å². The van der Waals surface area contributed by atoms with Crippen LogP contribution in [0.2, 0.25) is 5.02 Å². The lowest BCUT2D eigenvalue weighted by atomic mass is 9.90. The van der Waals surface area contributed by atoms with Gasteiger partial charge >= 0.3 is 0 Å². The van der Waals surface area contributed by atoms with E-state index in [2.05, 4.69) is 29.0 Å². The lowest BCUT2D eigenvalue weighted by Gasteiger charge is -2.34. The van der Waals surface area contributed by atoms with Crippen LogP contribution in [0.4, 0.5) is 5.69 Å². The Morgan fingerprint density at radius 2 is 1.90 bits per heavy atom. The third-order valence-electron chi connectivity index (χ3n) is 5.79. The van der Waals surface area contributed by atoms with E-state index in [0.29, 0.717) is 0 Å². The molecule has 2 aliphatic heterocycles. The van der Waals surface area contributed by atoms with E-state index in [1.807, 2.05) is 0 Å². The summed E-state index contributed by atoms with van der Waals surface area (Å²) in [6.07, 6.45) is 8.02. The molecule has 0 aromatic heterocycles. The van der Waals surface area contributed by atoms with Gasteiger partial charge in [-0.05, 0) is 43.5 Å². The molecule has 3 aliphatic rings. The fraction of sp³-hybridized carbons (Fsp3) is 0.667. The fourth-order valence-corrected chi connectivity index (χ4v) is 4.91. The molecule has 1 fully saturated rings. The van der Waals surface area contributed by atoms with Crippen LogP contribution >= 0.6 is 11.6 Å². The average Bonchev–Trinajstić information content (AvgIpc) is 2.63. The lowest BCUT2D eigenvalue weighted by Crippen LogP contribution is -2.41. The highest BCUT2D eigenvalue weighted by molar-refractivity contribution is 6.31. The molecular formula is C18H25ClN2. The number of halogens is 1. The third kappa shape index (κ3) is 2.27. The number of fused-ring (bicyclic) bond motifs is 3. The molecule has 0 saturated heterocycles. The van der Waals surface area contributed by atoms with Gasteiger partial charge in [0, 0.05) is 42.3 Å². The van der Waals surface area contributed by atoms with Gasteiger partial charge in [-0.25, -0.2) is 0 Å². The highest BCUT2D eigenvalue weighted by Gasteiger charge is 2.40. The summed E-state index contributed by atoms with van der Waals surface area (Å²) in [6.45, 7) is 3.46. The second-order valence-corrected chi connectivity index (χ2v) is 7.43. The maximum atomic E-state index is 6.57. The molecule has 0 bridgehead atoms. The van der Waals surface area contributed by atoms with Gasteiger partial charge in [0.25, 0.3) is 0 Å². The van der Waals surface area contributed by atoms with Gasteiger partial charge in [0.15, 0.2) is 0 Å². The van der Waals surface area contributed by atoms with Crippen LogP contribution < -0.4 is 4.90 Å². The molecule has 2 unspecified atom stereocenters. The minimum absolute atomic E-state index is 0.728. The molecule has 3 heteroatoms. The molecule has 0 N–H and O–H groups in total. The standard InChI is InChI=1S/C18H25ClN2/c1-20-10-9-15-16(19)8-7-14-13-5-3-2-4-6-17(13)21(12-11-20)18(14)15/h7-8,13,17H,2-6,9-12H2,1H3. The SMILES string of the molecule is CN1CCc2c(Cl)ccc3c2N(CC1)C1CCCCCC31. The molecule has 2 heterocycles. The summed E-state index contributed by atoms with van der Waals surface area (Å²) >= 11 is 6.57. The molecule has 0 amide bonds. The number of rotatable bonds is 0. The third-order valence-corrected chi connectivity index (χ3v) is 6.14. The van der Waals surface area contributed by atoms with Crippen molar-refractivity contribution < 1.29 is 0 Å². The molecule has 1 aliphatic carbocycles. The highest BCUT2D eigenvalue weighted by atomic mass is 35.5. The van der Waals surface area contributed by atoms with Crippen LogP contribution in [-0.4, -0.2) is 37.6 Å². The molecule has 0 spiro atoms. The number of hydrogen-bond donors (Lipinski definition) is 0. The molecule has 21 heavy (non-hydrogen) atoms. The molecule has 2 atom stereocenters. The van der Waals surface area contributed by atoms with E-state index < -0.39 is 0 Å². The van der Waals surface area contributed by atoms with Gasteiger partial charge in [0.2, 0.25) is 0 Å². The number of benzene rings is 1. The molecule has 1 aromatic carbocycles. The van der Waals surface area contributed by atoms with Crippen molar-refractivity contribution in [2.75, 3.05) is 31.6 Å². The van der Waals surface area contributed by atoms with Gasteiger partial charge in [0.1, 0.15) is 0 Å². The Balaban J connectivity index is 1.83. The van der Waals surface area contributed by atoms with E-state index in [-0.39, 0.29) is 0 Å². The van der Waals surface area contributed by atoms with Crippen molar-refractivity contribution in [1.29, 1.82) is 0 Å². The summed E-state index contributed by atoms with van der Waals surface area (Å²) in [5.41, 5.74) is 4.53. The Morgan fingerprint density at radius 1 is 1.05 bits per heavy atom. The summed E-state index contributed by atoms with van der Waals surface area (Å²) in [4.78, 5) is 5.18. The summed E-state index contributed by atoms with van der Waals surface area (Å²) in [5.74, 6) is 0.752. The zero-order valence-electron chi connectivity index (χ0n) is 12.9. The van der Waals surface area contributed by atoms with Crippen LogP contribution in [0.1, 0.15) is 49.1 Å². The van der Waals surface area contributed by atoms with Crippen molar-refractivity contribution in [3.05, 3.63) is 28.3 Å². The topological polar surface area (TPSA) is 6.48 Å². The number of anilines is 1. The Labute approximate surface area is 133 Å². The first-order valence-corrected chi connectivity index (χ1v) is 8.90. The van der Waals surface area contributed by atoms with E-state index in [4.69, 9.17) is 11.6 Å². The molecule has 2 nitrogen and oxygen atoms in total. The quantitative estimate of drug-likeness (QED) is 0.713. The largest absolute Gasteiger partial charge is 0.366 e. The van der Waals surface area contributed by atoms with Crippen molar-refractivity contribution in [3.8, 4) is 0 Å². The van der Waals surface area contributed by atoms with Crippen LogP contribution in [-0.2, 0) is 6.42 Å². The minimum atomic E-state index is 0.728. The summed E-state index contributed by atoms with van der Waals surface area (Å²) in [7, 11) is 2.24.